The molecular formula is C25H15Cl2NO4. The van der Waals surface area contributed by atoms with Crippen molar-refractivity contribution in [1.82, 2.24) is 4.98 Å². The molecule has 5 nitrogen and oxygen atoms in total. The number of nitrogens with one attached hydrogen (secondary N) is 1. The maximum absolute atomic E-state index is 13.3. The van der Waals surface area contributed by atoms with Crippen molar-refractivity contribution in [2.24, 2.45) is 0 Å². The number of aromatic amines is 1. The highest BCUT2D eigenvalue weighted by molar-refractivity contribution is 6.31. The van der Waals surface area contributed by atoms with E-state index in [4.69, 9.17) is 32.4 Å². The lowest BCUT2D eigenvalue weighted by molar-refractivity contribution is 0.0922. The van der Waals surface area contributed by atoms with Gasteiger partial charge in [0.1, 0.15) is 5.58 Å². The van der Waals surface area contributed by atoms with E-state index < -0.39 is 5.43 Å². The van der Waals surface area contributed by atoms with Gasteiger partial charge >= 0.3 is 0 Å². The Morgan fingerprint density at radius 3 is 2.50 bits per heavy atom. The third-order valence-electron chi connectivity index (χ3n) is 5.15. The summed E-state index contributed by atoms with van der Waals surface area (Å²) >= 11 is 12.1. The van der Waals surface area contributed by atoms with Gasteiger partial charge in [0.2, 0.25) is 17.0 Å². The van der Waals surface area contributed by atoms with Crippen molar-refractivity contribution in [3.63, 3.8) is 0 Å². The van der Waals surface area contributed by atoms with Crippen molar-refractivity contribution in [1.29, 1.82) is 0 Å². The molecule has 0 amide bonds. The van der Waals surface area contributed by atoms with Crippen LogP contribution in [0.4, 0.5) is 0 Å². The van der Waals surface area contributed by atoms with Crippen LogP contribution in [-0.2, 0) is 0 Å². The molecule has 0 aliphatic carbocycles. The van der Waals surface area contributed by atoms with Gasteiger partial charge in [0.05, 0.1) is 5.39 Å². The average Bonchev–Trinajstić information content (AvgIpc) is 3.23. The van der Waals surface area contributed by atoms with Gasteiger partial charge in [0, 0.05) is 38.3 Å². The lowest BCUT2D eigenvalue weighted by atomic mass is 10.1. The molecule has 5 aromatic rings. The fraction of sp³-hybridized carbons (Fsp3) is 0.0400. The van der Waals surface area contributed by atoms with Crippen LogP contribution in [0.3, 0.4) is 0 Å². The predicted molar refractivity (Wildman–Crippen MR) is 126 cm³/mol. The van der Waals surface area contributed by atoms with Gasteiger partial charge in [0.25, 0.3) is 0 Å². The molecule has 0 unspecified atom stereocenters. The molecule has 2 aromatic heterocycles. The van der Waals surface area contributed by atoms with Crippen LogP contribution in [0.1, 0.15) is 10.4 Å². The Labute approximate surface area is 192 Å². The minimum absolute atomic E-state index is 0.0599. The van der Waals surface area contributed by atoms with E-state index >= 15 is 0 Å². The lowest BCUT2D eigenvalue weighted by Crippen LogP contribution is -2.17. The summed E-state index contributed by atoms with van der Waals surface area (Å²) in [6.45, 7) is -0.334. The minimum Gasteiger partial charge on any atom is -0.478 e. The molecule has 0 atom stereocenters. The number of H-pyrrole nitrogens is 1. The minimum atomic E-state index is -0.412. The van der Waals surface area contributed by atoms with Crippen molar-refractivity contribution in [3.05, 3.63) is 98.8 Å². The van der Waals surface area contributed by atoms with Crippen LogP contribution in [0.25, 0.3) is 33.2 Å². The summed E-state index contributed by atoms with van der Waals surface area (Å²) in [6, 6.07) is 19.1. The fourth-order valence-electron chi connectivity index (χ4n) is 3.59. The topological polar surface area (TPSA) is 72.3 Å². The highest BCUT2D eigenvalue weighted by Crippen LogP contribution is 2.32. The second-order valence-electron chi connectivity index (χ2n) is 7.20. The van der Waals surface area contributed by atoms with Gasteiger partial charge in [-0.2, -0.15) is 0 Å². The van der Waals surface area contributed by atoms with E-state index in [1.54, 1.807) is 42.6 Å². The SMILES string of the molecule is O=C(COc1c(-c2ccc(Cl)cc2)oc2ccc(Cl)cc2c1=O)c1c[nH]c2ccccc12. The fourth-order valence-corrected chi connectivity index (χ4v) is 3.89. The first-order valence-electron chi connectivity index (χ1n) is 9.75. The Balaban J connectivity index is 1.57. The molecule has 5 rings (SSSR count). The van der Waals surface area contributed by atoms with Crippen LogP contribution in [-0.4, -0.2) is 17.4 Å². The summed E-state index contributed by atoms with van der Waals surface area (Å²) in [6.07, 6.45) is 1.64. The average molecular weight is 464 g/mol. The standard InChI is InChI=1S/C25H15Cl2NO4/c26-15-7-5-14(6-8-15)24-25(23(30)18-11-16(27)9-10-22(18)32-24)31-13-21(29)19-12-28-20-4-2-1-3-17(19)20/h1-12,28H,13H2. The van der Waals surface area contributed by atoms with E-state index in [0.29, 0.717) is 26.8 Å². The van der Waals surface area contributed by atoms with Crippen molar-refractivity contribution < 1.29 is 13.9 Å². The Kier molecular flexibility index (Phi) is 5.21. The zero-order valence-electron chi connectivity index (χ0n) is 16.5. The first-order valence-corrected chi connectivity index (χ1v) is 10.5. The number of hydrogen-bond donors (Lipinski definition) is 1. The highest BCUT2D eigenvalue weighted by Gasteiger charge is 2.20. The molecule has 0 bridgehead atoms. The van der Waals surface area contributed by atoms with Crippen molar-refractivity contribution in [2.75, 3.05) is 6.61 Å². The molecule has 2 heterocycles. The molecule has 0 fully saturated rings. The molecule has 3 aromatic carbocycles. The predicted octanol–water partition coefficient (Wildman–Crippen LogP) is 6.51. The molecule has 158 valence electrons. The van der Waals surface area contributed by atoms with E-state index in [1.165, 1.54) is 6.07 Å². The van der Waals surface area contributed by atoms with Crippen molar-refractivity contribution in [2.45, 2.75) is 0 Å². The second-order valence-corrected chi connectivity index (χ2v) is 8.07. The van der Waals surface area contributed by atoms with E-state index in [-0.39, 0.29) is 29.3 Å². The Hall–Kier alpha value is -3.54. The van der Waals surface area contributed by atoms with Crippen LogP contribution in [0, 0.1) is 0 Å². The van der Waals surface area contributed by atoms with Crippen LogP contribution >= 0.6 is 23.2 Å². The number of Topliss-reactive ketones (excluding diaryl/α,β-unsaturated/α-hetero) is 1. The highest BCUT2D eigenvalue weighted by atomic mass is 35.5. The number of para-hydroxylation sites is 1. The largest absolute Gasteiger partial charge is 0.478 e. The number of aromatic nitrogens is 1. The number of rotatable bonds is 5. The van der Waals surface area contributed by atoms with Gasteiger partial charge in [-0.3, -0.25) is 9.59 Å². The molecular weight excluding hydrogens is 449 g/mol. The molecule has 7 heteroatoms. The van der Waals surface area contributed by atoms with Crippen LogP contribution < -0.4 is 10.2 Å². The summed E-state index contributed by atoms with van der Waals surface area (Å²) in [7, 11) is 0. The van der Waals surface area contributed by atoms with Crippen LogP contribution in [0.15, 0.2) is 82.1 Å². The summed E-state index contributed by atoms with van der Waals surface area (Å²) in [4.78, 5) is 29.2. The normalized spacial score (nSPS) is 11.2. The molecule has 0 saturated heterocycles. The molecule has 0 spiro atoms. The molecule has 32 heavy (non-hydrogen) atoms. The van der Waals surface area contributed by atoms with Gasteiger partial charge in [0.15, 0.2) is 12.4 Å². The Bertz CT molecular complexity index is 1530. The van der Waals surface area contributed by atoms with Gasteiger partial charge in [-0.05, 0) is 48.5 Å². The molecule has 0 aliphatic heterocycles. The summed E-state index contributed by atoms with van der Waals surface area (Å²) in [5, 5.41) is 1.99. The zero-order chi connectivity index (χ0) is 22.2. The van der Waals surface area contributed by atoms with Gasteiger partial charge in [-0.1, -0.05) is 41.4 Å². The van der Waals surface area contributed by atoms with E-state index in [9.17, 15) is 9.59 Å². The number of halogens is 2. The molecule has 1 N–H and O–H groups in total. The van der Waals surface area contributed by atoms with E-state index in [2.05, 4.69) is 4.98 Å². The first-order chi connectivity index (χ1) is 15.5. The van der Waals surface area contributed by atoms with E-state index in [0.717, 1.165) is 10.9 Å². The summed E-state index contributed by atoms with van der Waals surface area (Å²) in [5.74, 6) is -0.112. The zero-order valence-corrected chi connectivity index (χ0v) is 18.0. The quantitative estimate of drug-likeness (QED) is 0.301. The summed E-state index contributed by atoms with van der Waals surface area (Å²) < 4.78 is 11.8. The first kappa shape index (κ1) is 20.4. The summed E-state index contributed by atoms with van der Waals surface area (Å²) in [5.41, 5.74) is 1.88. The van der Waals surface area contributed by atoms with Crippen LogP contribution in [0.5, 0.6) is 5.75 Å². The maximum Gasteiger partial charge on any atom is 0.235 e. The van der Waals surface area contributed by atoms with Gasteiger partial charge in [-0.15, -0.1) is 0 Å². The van der Waals surface area contributed by atoms with Crippen molar-refractivity contribution >= 4 is 50.9 Å². The Morgan fingerprint density at radius 2 is 1.69 bits per heavy atom. The number of ketones is 1. The monoisotopic (exact) mass is 463 g/mol. The number of carbonyl (C=O) groups excluding carboxylic acids is 1. The number of hydrogen-bond acceptors (Lipinski definition) is 4. The smallest absolute Gasteiger partial charge is 0.235 e. The van der Waals surface area contributed by atoms with Gasteiger partial charge in [-0.25, -0.2) is 0 Å². The number of ether oxygens (including phenoxy) is 1. The second kappa shape index (κ2) is 8.19. The van der Waals surface area contributed by atoms with Gasteiger partial charge < -0.3 is 14.1 Å². The lowest BCUT2D eigenvalue weighted by Gasteiger charge is -2.11. The molecule has 0 radical (unpaired) electrons. The number of fused-ring (bicyclic) bond motifs is 2. The Morgan fingerprint density at radius 1 is 0.938 bits per heavy atom. The third kappa shape index (κ3) is 3.66. The third-order valence-corrected chi connectivity index (χ3v) is 5.64. The molecule has 0 aliphatic rings. The molecule has 0 saturated carbocycles. The van der Waals surface area contributed by atoms with Crippen LogP contribution in [0.2, 0.25) is 10.0 Å². The number of carbonyl (C=O) groups is 1. The van der Waals surface area contributed by atoms with E-state index in [1.807, 2.05) is 24.3 Å². The maximum atomic E-state index is 13.3. The van der Waals surface area contributed by atoms with Crippen molar-refractivity contribution in [3.8, 4) is 17.1 Å². The number of benzene rings is 3.